The van der Waals surface area contributed by atoms with E-state index in [1.54, 1.807) is 6.20 Å². The van der Waals surface area contributed by atoms with Crippen molar-refractivity contribution in [2.24, 2.45) is 5.73 Å². The Morgan fingerprint density at radius 2 is 2.40 bits per heavy atom. The molecule has 1 amide bonds. The monoisotopic (exact) mass is 200 g/mol. The van der Waals surface area contributed by atoms with Gasteiger partial charge in [0.25, 0.3) is 5.91 Å². The summed E-state index contributed by atoms with van der Waals surface area (Å²) in [6.45, 7) is 0. The fourth-order valence-electron chi connectivity index (χ4n) is 1.19. The highest BCUT2D eigenvalue weighted by atomic mass is 16.1. The molecule has 3 N–H and O–H groups in total. The summed E-state index contributed by atoms with van der Waals surface area (Å²) in [5, 5.41) is 6.65. The molecule has 2 rings (SSSR count). The van der Waals surface area contributed by atoms with Crippen molar-refractivity contribution >= 4 is 16.9 Å². The molecule has 0 saturated carbocycles. The van der Waals surface area contributed by atoms with Crippen LogP contribution in [0.2, 0.25) is 0 Å². The summed E-state index contributed by atoms with van der Waals surface area (Å²) >= 11 is 0. The van der Waals surface area contributed by atoms with Crippen LogP contribution in [-0.2, 0) is 11.2 Å². The van der Waals surface area contributed by atoms with Gasteiger partial charge in [0, 0.05) is 0 Å². The molecule has 0 aromatic carbocycles. The van der Waals surface area contributed by atoms with Crippen molar-refractivity contribution in [2.45, 2.75) is 6.42 Å². The van der Waals surface area contributed by atoms with Gasteiger partial charge in [-0.15, -0.1) is 0 Å². The van der Waals surface area contributed by atoms with Crippen molar-refractivity contribution in [1.29, 1.82) is 0 Å². The van der Waals surface area contributed by atoms with Crippen LogP contribution < -0.4 is 5.73 Å². The minimum absolute atomic E-state index is 0.407. The zero-order valence-corrected chi connectivity index (χ0v) is 7.82. The average molecular weight is 200 g/mol. The first-order valence-corrected chi connectivity index (χ1v) is 4.33. The lowest BCUT2D eigenvalue weighted by Crippen LogP contribution is -2.06. The van der Waals surface area contributed by atoms with Crippen LogP contribution in [0.15, 0.2) is 18.3 Å². The number of aromatic nitrogens is 3. The number of pyridine rings is 1. The van der Waals surface area contributed by atoms with Crippen molar-refractivity contribution in [3.05, 3.63) is 24.0 Å². The summed E-state index contributed by atoms with van der Waals surface area (Å²) in [6.07, 6.45) is 2.05. The molecule has 2 aromatic heterocycles. The Morgan fingerprint density at radius 3 is 3.20 bits per heavy atom. The van der Waals surface area contributed by atoms with E-state index in [2.05, 4.69) is 27.0 Å². The van der Waals surface area contributed by atoms with E-state index in [1.807, 2.05) is 12.1 Å². The Balaban J connectivity index is 2.22. The maximum atomic E-state index is 10.4. The number of nitrogens with zero attached hydrogens (tertiary/aromatic N) is 2. The highest BCUT2D eigenvalue weighted by Gasteiger charge is 1.97. The lowest BCUT2D eigenvalue weighted by Gasteiger charge is -1.93. The molecule has 0 aliphatic heterocycles. The lowest BCUT2D eigenvalue weighted by atomic mass is 10.2. The van der Waals surface area contributed by atoms with Gasteiger partial charge in [-0.2, -0.15) is 5.10 Å². The predicted octanol–water partition coefficient (Wildman–Crippen LogP) is -0.0109. The zero-order chi connectivity index (χ0) is 10.7. The lowest BCUT2D eigenvalue weighted by molar-refractivity contribution is -0.112. The summed E-state index contributed by atoms with van der Waals surface area (Å²) in [6, 6.07) is 3.70. The van der Waals surface area contributed by atoms with Crippen molar-refractivity contribution in [3.8, 4) is 11.8 Å². The number of aromatic amines is 1. The summed E-state index contributed by atoms with van der Waals surface area (Å²) in [5.41, 5.74) is 7.33. The summed E-state index contributed by atoms with van der Waals surface area (Å²) in [5.74, 6) is 4.28. The SMILES string of the molecule is NC(=O)C#CCc1ccc2[nH]ncc2n1. The fourth-order valence-corrected chi connectivity index (χ4v) is 1.19. The molecule has 15 heavy (non-hydrogen) atoms. The van der Waals surface area contributed by atoms with Crippen molar-refractivity contribution < 1.29 is 4.79 Å². The van der Waals surface area contributed by atoms with Crippen LogP contribution in [0.3, 0.4) is 0 Å². The largest absolute Gasteiger partial charge is 0.359 e. The second-order valence-corrected chi connectivity index (χ2v) is 2.95. The van der Waals surface area contributed by atoms with Crippen LogP contribution in [0.4, 0.5) is 0 Å². The smallest absolute Gasteiger partial charge is 0.293 e. The average Bonchev–Trinajstić information content (AvgIpc) is 2.64. The maximum Gasteiger partial charge on any atom is 0.293 e. The van der Waals surface area contributed by atoms with E-state index in [-0.39, 0.29) is 0 Å². The molecule has 0 aliphatic carbocycles. The van der Waals surface area contributed by atoms with E-state index in [4.69, 9.17) is 5.73 Å². The molecule has 2 aromatic rings. The zero-order valence-electron chi connectivity index (χ0n) is 7.82. The number of nitrogens with two attached hydrogens (primary N) is 1. The van der Waals surface area contributed by atoms with E-state index < -0.39 is 5.91 Å². The number of rotatable bonds is 1. The van der Waals surface area contributed by atoms with E-state index in [1.165, 1.54) is 0 Å². The fraction of sp³-hybridized carbons (Fsp3) is 0.100. The van der Waals surface area contributed by atoms with Gasteiger partial charge in [-0.1, -0.05) is 5.92 Å². The molecule has 0 atom stereocenters. The number of primary amides is 1. The Bertz CT molecular complexity index is 561. The third-order valence-corrected chi connectivity index (χ3v) is 1.84. The van der Waals surface area contributed by atoms with Crippen LogP contribution in [0.25, 0.3) is 11.0 Å². The van der Waals surface area contributed by atoms with Crippen molar-refractivity contribution in [3.63, 3.8) is 0 Å². The molecule has 0 aliphatic rings. The Labute approximate surface area is 85.7 Å². The second-order valence-electron chi connectivity index (χ2n) is 2.95. The Hall–Kier alpha value is -2.35. The first-order valence-electron chi connectivity index (χ1n) is 4.33. The van der Waals surface area contributed by atoms with Gasteiger partial charge in [0.2, 0.25) is 0 Å². The van der Waals surface area contributed by atoms with Gasteiger partial charge in [-0.3, -0.25) is 9.89 Å². The van der Waals surface area contributed by atoms with Gasteiger partial charge in [0.05, 0.1) is 23.8 Å². The molecule has 0 unspecified atom stereocenters. The number of amides is 1. The molecule has 0 spiro atoms. The first kappa shape index (κ1) is 9.21. The van der Waals surface area contributed by atoms with Crippen LogP contribution in [0.1, 0.15) is 5.69 Å². The van der Waals surface area contributed by atoms with Crippen LogP contribution in [0.5, 0.6) is 0 Å². The van der Waals surface area contributed by atoms with Crippen molar-refractivity contribution in [1.82, 2.24) is 15.2 Å². The molecule has 74 valence electrons. The van der Waals surface area contributed by atoms with Gasteiger partial charge < -0.3 is 5.73 Å². The highest BCUT2D eigenvalue weighted by Crippen LogP contribution is 2.08. The minimum Gasteiger partial charge on any atom is -0.359 e. The number of hydrogen-bond acceptors (Lipinski definition) is 3. The number of carbonyl (C=O) groups is 1. The molecule has 2 heterocycles. The maximum absolute atomic E-state index is 10.4. The Morgan fingerprint density at radius 1 is 1.53 bits per heavy atom. The molecular formula is C10H8N4O. The standard InChI is InChI=1S/C10H8N4O/c11-10(15)3-1-2-7-4-5-8-9(13-7)6-12-14-8/h4-6H,2H2,(H2,11,15)(H,12,14). The first-order chi connectivity index (χ1) is 7.25. The van der Waals surface area contributed by atoms with Crippen LogP contribution in [0, 0.1) is 11.8 Å². The third-order valence-electron chi connectivity index (χ3n) is 1.84. The van der Waals surface area contributed by atoms with Gasteiger partial charge >= 0.3 is 0 Å². The number of carbonyl (C=O) groups excluding carboxylic acids is 1. The number of nitrogens with one attached hydrogen (secondary N) is 1. The van der Waals surface area contributed by atoms with Gasteiger partial charge in [-0.25, -0.2) is 4.98 Å². The highest BCUT2D eigenvalue weighted by molar-refractivity contribution is 5.91. The normalized spacial score (nSPS) is 9.60. The molecule has 0 bridgehead atoms. The topological polar surface area (TPSA) is 84.7 Å². The van der Waals surface area contributed by atoms with Crippen LogP contribution in [-0.4, -0.2) is 21.1 Å². The second kappa shape index (κ2) is 3.80. The quantitative estimate of drug-likeness (QED) is 0.635. The minimum atomic E-state index is -0.626. The van der Waals surface area contributed by atoms with Gasteiger partial charge in [0.1, 0.15) is 5.52 Å². The number of fused-ring (bicyclic) bond motifs is 1. The van der Waals surface area contributed by atoms with E-state index >= 15 is 0 Å². The molecular weight excluding hydrogens is 192 g/mol. The Kier molecular flexibility index (Phi) is 2.33. The summed E-state index contributed by atoms with van der Waals surface area (Å²) < 4.78 is 0. The van der Waals surface area contributed by atoms with Crippen LogP contribution >= 0.6 is 0 Å². The third kappa shape index (κ3) is 2.11. The number of H-pyrrole nitrogens is 1. The predicted molar refractivity (Wildman–Crippen MR) is 54.6 cm³/mol. The summed E-state index contributed by atoms with van der Waals surface area (Å²) in [4.78, 5) is 14.7. The van der Waals surface area contributed by atoms with Crippen molar-refractivity contribution in [2.75, 3.05) is 0 Å². The molecule has 5 nitrogen and oxygen atoms in total. The molecule has 0 radical (unpaired) electrons. The van der Waals surface area contributed by atoms with E-state index in [0.717, 1.165) is 16.7 Å². The van der Waals surface area contributed by atoms with E-state index in [0.29, 0.717) is 6.42 Å². The molecule has 0 saturated heterocycles. The summed E-state index contributed by atoms with van der Waals surface area (Å²) in [7, 11) is 0. The van der Waals surface area contributed by atoms with Gasteiger partial charge in [0.15, 0.2) is 0 Å². The molecule has 5 heteroatoms. The van der Waals surface area contributed by atoms with Gasteiger partial charge in [-0.05, 0) is 18.1 Å². The van der Waals surface area contributed by atoms with E-state index in [9.17, 15) is 4.79 Å². The molecule has 0 fully saturated rings. The number of hydrogen-bond donors (Lipinski definition) is 2.